The Morgan fingerprint density at radius 1 is 1.09 bits per heavy atom. The van der Waals surface area contributed by atoms with Crippen LogP contribution in [0.2, 0.25) is 0 Å². The molecule has 12 heteroatoms. The zero-order valence-corrected chi connectivity index (χ0v) is 17.3. The molecular weight excluding hydrogens is 436 g/mol. The van der Waals surface area contributed by atoms with E-state index in [9.17, 15) is 18.4 Å². The van der Waals surface area contributed by atoms with Gasteiger partial charge in [-0.3, -0.25) is 14.2 Å². The quantitative estimate of drug-likeness (QED) is 0.468. The van der Waals surface area contributed by atoms with Crippen molar-refractivity contribution in [2.75, 3.05) is 10.6 Å². The first kappa shape index (κ1) is 22.1. The monoisotopic (exact) mass is 457 g/mol. The number of hydrogen-bond acceptors (Lipinski definition) is 8. The number of aromatic nitrogens is 4. The van der Waals surface area contributed by atoms with Gasteiger partial charge in [0.2, 0.25) is 5.95 Å². The van der Waals surface area contributed by atoms with Crippen LogP contribution in [-0.4, -0.2) is 44.1 Å². The molecule has 1 aliphatic carbocycles. The Bertz CT molecular complexity index is 1170. The average molecular weight is 457 g/mol. The highest BCUT2D eigenvalue weighted by molar-refractivity contribution is 5.92. The number of amides is 1. The van der Waals surface area contributed by atoms with E-state index in [0.29, 0.717) is 17.5 Å². The zero-order valence-electron chi connectivity index (χ0n) is 17.3. The second-order valence-corrected chi connectivity index (χ2v) is 7.48. The maximum Gasteiger partial charge on any atom is 0.387 e. The van der Waals surface area contributed by atoms with Gasteiger partial charge in [-0.2, -0.15) is 8.78 Å². The van der Waals surface area contributed by atoms with Gasteiger partial charge >= 0.3 is 6.61 Å². The van der Waals surface area contributed by atoms with Crippen LogP contribution < -0.4 is 26.7 Å². The lowest BCUT2D eigenvalue weighted by Crippen LogP contribution is -2.28. The third kappa shape index (κ3) is 5.40. The number of nitrogens with zero attached hydrogens (tertiary/aromatic N) is 4. The SMILES string of the molecule is NC(=O)c1cccn(-c2ccc(N[C@H]3CC[C@H](Nc4ncc(OC(F)F)cn4)C3)nc2)c1=O. The number of carbonyl (C=O) groups excluding carboxylic acids is 1. The molecule has 0 aromatic carbocycles. The molecule has 1 aliphatic rings. The summed E-state index contributed by atoms with van der Waals surface area (Å²) in [4.78, 5) is 36.1. The molecule has 33 heavy (non-hydrogen) atoms. The predicted molar refractivity (Wildman–Crippen MR) is 116 cm³/mol. The van der Waals surface area contributed by atoms with Crippen molar-refractivity contribution in [2.24, 2.45) is 5.73 Å². The minimum atomic E-state index is -2.92. The van der Waals surface area contributed by atoms with Gasteiger partial charge < -0.3 is 21.1 Å². The molecule has 3 aromatic rings. The Hall–Kier alpha value is -4.09. The number of rotatable bonds is 8. The lowest BCUT2D eigenvalue weighted by Gasteiger charge is -2.15. The van der Waals surface area contributed by atoms with E-state index in [1.165, 1.54) is 29.2 Å². The Morgan fingerprint density at radius 2 is 1.82 bits per heavy atom. The summed E-state index contributed by atoms with van der Waals surface area (Å²) in [6, 6.07) is 6.70. The third-order valence-corrected chi connectivity index (χ3v) is 5.21. The van der Waals surface area contributed by atoms with E-state index in [0.717, 1.165) is 19.3 Å². The summed E-state index contributed by atoms with van der Waals surface area (Å²) in [5.41, 5.74) is 5.15. The van der Waals surface area contributed by atoms with Crippen LogP contribution in [0.4, 0.5) is 20.5 Å². The number of pyridine rings is 2. The summed E-state index contributed by atoms with van der Waals surface area (Å²) < 4.78 is 30.0. The largest absolute Gasteiger partial charge is 0.432 e. The number of anilines is 2. The van der Waals surface area contributed by atoms with Gasteiger partial charge in [0.1, 0.15) is 11.4 Å². The van der Waals surface area contributed by atoms with E-state index in [4.69, 9.17) is 5.73 Å². The van der Waals surface area contributed by atoms with Crippen LogP contribution in [0.3, 0.4) is 0 Å². The number of nitrogens with two attached hydrogens (primary N) is 1. The predicted octanol–water partition coefficient (Wildman–Crippen LogP) is 2.17. The molecule has 0 unspecified atom stereocenters. The summed E-state index contributed by atoms with van der Waals surface area (Å²) in [6.07, 6.45) is 8.00. The minimum Gasteiger partial charge on any atom is -0.432 e. The van der Waals surface area contributed by atoms with Crippen LogP contribution in [0.15, 0.2) is 53.8 Å². The van der Waals surface area contributed by atoms with E-state index < -0.39 is 18.1 Å². The molecule has 0 saturated heterocycles. The summed E-state index contributed by atoms with van der Waals surface area (Å²) in [7, 11) is 0. The highest BCUT2D eigenvalue weighted by Gasteiger charge is 2.25. The first-order chi connectivity index (χ1) is 15.9. The van der Waals surface area contributed by atoms with Crippen LogP contribution in [0.25, 0.3) is 5.69 Å². The molecule has 2 atom stereocenters. The topological polar surface area (TPSA) is 137 Å². The maximum atomic E-state index is 12.4. The van der Waals surface area contributed by atoms with E-state index in [1.807, 2.05) is 0 Å². The van der Waals surface area contributed by atoms with Crippen LogP contribution >= 0.6 is 0 Å². The summed E-state index contributed by atoms with van der Waals surface area (Å²) in [6.45, 7) is -2.92. The van der Waals surface area contributed by atoms with Gasteiger partial charge in [0.15, 0.2) is 5.75 Å². The smallest absolute Gasteiger partial charge is 0.387 e. The van der Waals surface area contributed by atoms with E-state index in [2.05, 4.69) is 30.3 Å². The maximum absolute atomic E-state index is 12.4. The van der Waals surface area contributed by atoms with Crippen LogP contribution in [-0.2, 0) is 0 Å². The van der Waals surface area contributed by atoms with Crippen LogP contribution in [0.1, 0.15) is 29.6 Å². The van der Waals surface area contributed by atoms with E-state index >= 15 is 0 Å². The molecule has 0 bridgehead atoms. The van der Waals surface area contributed by atoms with Gasteiger partial charge in [-0.25, -0.2) is 15.0 Å². The van der Waals surface area contributed by atoms with Gasteiger partial charge in [0.05, 0.1) is 24.3 Å². The molecule has 3 heterocycles. The fourth-order valence-electron chi connectivity index (χ4n) is 3.69. The van der Waals surface area contributed by atoms with Crippen molar-refractivity contribution in [3.8, 4) is 11.4 Å². The highest BCUT2D eigenvalue weighted by Crippen LogP contribution is 2.25. The normalized spacial score (nSPS) is 17.7. The summed E-state index contributed by atoms with van der Waals surface area (Å²) in [5.74, 6) is 0.106. The number of hydrogen-bond donors (Lipinski definition) is 3. The Kier molecular flexibility index (Phi) is 6.43. The third-order valence-electron chi connectivity index (χ3n) is 5.21. The zero-order chi connectivity index (χ0) is 23.4. The Labute approximate surface area is 186 Å². The molecule has 0 aliphatic heterocycles. The fourth-order valence-corrected chi connectivity index (χ4v) is 3.69. The van der Waals surface area contributed by atoms with Crippen molar-refractivity contribution in [3.63, 3.8) is 0 Å². The second-order valence-electron chi connectivity index (χ2n) is 7.48. The molecule has 1 fully saturated rings. The molecule has 4 rings (SSSR count). The van der Waals surface area contributed by atoms with E-state index in [-0.39, 0.29) is 23.4 Å². The molecule has 1 amide bonds. The molecule has 4 N–H and O–H groups in total. The molecular formula is C21H21F2N7O3. The van der Waals surface area contributed by atoms with Crippen molar-refractivity contribution in [2.45, 2.75) is 38.0 Å². The average Bonchev–Trinajstić information content (AvgIpc) is 3.22. The Morgan fingerprint density at radius 3 is 2.45 bits per heavy atom. The number of halogens is 2. The van der Waals surface area contributed by atoms with Crippen molar-refractivity contribution in [1.82, 2.24) is 19.5 Å². The van der Waals surface area contributed by atoms with Crippen LogP contribution in [0, 0.1) is 0 Å². The standard InChI is InChI=1S/C21H21F2N7O3/c22-20(23)33-15-10-26-21(27-11-15)29-13-4-3-12(8-13)28-17-6-5-14(9-25-17)30-7-1-2-16(18(24)31)19(30)32/h1-2,5-7,9-13,20H,3-4,8H2,(H2,24,31)(H,25,28)(H,26,27,29)/t12-,13-/m0/s1. The molecule has 0 spiro atoms. The molecule has 10 nitrogen and oxygen atoms in total. The molecule has 0 radical (unpaired) electrons. The first-order valence-electron chi connectivity index (χ1n) is 10.2. The number of nitrogens with one attached hydrogen (secondary N) is 2. The van der Waals surface area contributed by atoms with Gasteiger partial charge in [0, 0.05) is 18.3 Å². The Balaban J connectivity index is 1.34. The summed E-state index contributed by atoms with van der Waals surface area (Å²) in [5, 5.41) is 6.54. The minimum absolute atomic E-state index is 0.0932. The summed E-state index contributed by atoms with van der Waals surface area (Å²) >= 11 is 0. The van der Waals surface area contributed by atoms with Gasteiger partial charge in [-0.05, 0) is 43.5 Å². The number of ether oxygens (including phenoxy) is 1. The molecule has 3 aromatic heterocycles. The van der Waals surface area contributed by atoms with Gasteiger partial charge in [0.25, 0.3) is 11.5 Å². The van der Waals surface area contributed by atoms with Crippen molar-refractivity contribution in [3.05, 3.63) is 65.0 Å². The number of primary amides is 1. The molecule has 1 saturated carbocycles. The second kappa shape index (κ2) is 9.59. The lowest BCUT2D eigenvalue weighted by atomic mass is 10.2. The van der Waals surface area contributed by atoms with E-state index in [1.54, 1.807) is 24.4 Å². The fraction of sp³-hybridized carbons (Fsp3) is 0.286. The van der Waals surface area contributed by atoms with Crippen LogP contribution in [0.5, 0.6) is 5.75 Å². The lowest BCUT2D eigenvalue weighted by molar-refractivity contribution is -0.0503. The highest BCUT2D eigenvalue weighted by atomic mass is 19.3. The van der Waals surface area contributed by atoms with Gasteiger partial charge in [-0.1, -0.05) is 0 Å². The van der Waals surface area contributed by atoms with Crippen molar-refractivity contribution in [1.29, 1.82) is 0 Å². The van der Waals surface area contributed by atoms with Crippen molar-refractivity contribution >= 4 is 17.7 Å². The van der Waals surface area contributed by atoms with Gasteiger partial charge in [-0.15, -0.1) is 0 Å². The van der Waals surface area contributed by atoms with Crippen molar-refractivity contribution < 1.29 is 18.3 Å². The number of carbonyl (C=O) groups is 1. The number of alkyl halides is 2. The molecule has 172 valence electrons. The first-order valence-corrected chi connectivity index (χ1v) is 10.2.